The van der Waals surface area contributed by atoms with Crippen LogP contribution in [0.5, 0.6) is 0 Å². The molecular formula is C18H18N4OS. The molecule has 1 aliphatic rings. The first-order chi connectivity index (χ1) is 11.7. The van der Waals surface area contributed by atoms with E-state index in [2.05, 4.69) is 10.3 Å². The van der Waals surface area contributed by atoms with Gasteiger partial charge in [0.15, 0.2) is 0 Å². The summed E-state index contributed by atoms with van der Waals surface area (Å²) in [7, 11) is 0. The highest BCUT2D eigenvalue weighted by Gasteiger charge is 2.29. The van der Waals surface area contributed by atoms with Crippen molar-refractivity contribution in [3.8, 4) is 11.3 Å². The van der Waals surface area contributed by atoms with E-state index in [9.17, 15) is 4.79 Å². The molecule has 1 amide bonds. The quantitative estimate of drug-likeness (QED) is 0.735. The van der Waals surface area contributed by atoms with Crippen LogP contribution in [0.2, 0.25) is 0 Å². The summed E-state index contributed by atoms with van der Waals surface area (Å²) in [5.41, 5.74) is 1.93. The van der Waals surface area contributed by atoms with Gasteiger partial charge in [-0.15, -0.1) is 16.4 Å². The molecule has 5 nitrogen and oxygen atoms in total. The van der Waals surface area contributed by atoms with Gasteiger partial charge in [0.1, 0.15) is 5.69 Å². The van der Waals surface area contributed by atoms with Crippen molar-refractivity contribution in [3.05, 3.63) is 58.4 Å². The lowest BCUT2D eigenvalue weighted by molar-refractivity contribution is 0.0791. The first kappa shape index (κ1) is 15.1. The SMILES string of the molecule is Cc1ccc(C(=O)N2CCC(n3cc(-c4ccccc4)nn3)C2)s1. The number of hydrogen-bond acceptors (Lipinski definition) is 4. The van der Waals surface area contributed by atoms with Crippen molar-refractivity contribution >= 4 is 17.2 Å². The lowest BCUT2D eigenvalue weighted by Gasteiger charge is -2.15. The minimum absolute atomic E-state index is 0.124. The van der Waals surface area contributed by atoms with Gasteiger partial charge >= 0.3 is 0 Å². The minimum atomic E-state index is 0.124. The Bertz CT molecular complexity index is 855. The third-order valence-corrected chi connectivity index (χ3v) is 5.34. The first-order valence-corrected chi connectivity index (χ1v) is 8.85. The van der Waals surface area contributed by atoms with Crippen LogP contribution in [0, 0.1) is 6.92 Å². The predicted octanol–water partition coefficient (Wildman–Crippen LogP) is 3.40. The summed E-state index contributed by atoms with van der Waals surface area (Å²) >= 11 is 1.56. The Labute approximate surface area is 144 Å². The van der Waals surface area contributed by atoms with E-state index < -0.39 is 0 Å². The second-order valence-corrected chi connectivity index (χ2v) is 7.34. The van der Waals surface area contributed by atoms with Crippen LogP contribution in [0.15, 0.2) is 48.7 Å². The van der Waals surface area contributed by atoms with Crippen LogP contribution in [-0.4, -0.2) is 38.9 Å². The fraction of sp³-hybridized carbons (Fsp3) is 0.278. The summed E-state index contributed by atoms with van der Waals surface area (Å²) in [6, 6.07) is 14.1. The largest absolute Gasteiger partial charge is 0.336 e. The van der Waals surface area contributed by atoms with Gasteiger partial charge in [-0.25, -0.2) is 4.68 Å². The van der Waals surface area contributed by atoms with Crippen LogP contribution in [0.3, 0.4) is 0 Å². The summed E-state index contributed by atoms with van der Waals surface area (Å²) in [4.78, 5) is 16.5. The lowest BCUT2D eigenvalue weighted by Crippen LogP contribution is -2.28. The summed E-state index contributed by atoms with van der Waals surface area (Å²) in [5.74, 6) is 0.124. The predicted molar refractivity (Wildman–Crippen MR) is 94.1 cm³/mol. The zero-order valence-corrected chi connectivity index (χ0v) is 14.2. The molecule has 1 fully saturated rings. The summed E-state index contributed by atoms with van der Waals surface area (Å²) in [6.07, 6.45) is 2.89. The van der Waals surface area contributed by atoms with Crippen molar-refractivity contribution in [2.45, 2.75) is 19.4 Å². The normalized spacial score (nSPS) is 17.4. The molecule has 1 aliphatic heterocycles. The molecule has 1 atom stereocenters. The Morgan fingerprint density at radius 3 is 2.79 bits per heavy atom. The molecule has 0 saturated carbocycles. The van der Waals surface area contributed by atoms with E-state index in [1.807, 2.05) is 65.2 Å². The van der Waals surface area contributed by atoms with E-state index in [0.29, 0.717) is 6.54 Å². The second kappa shape index (κ2) is 6.20. The fourth-order valence-corrected chi connectivity index (χ4v) is 3.88. The standard InChI is InChI=1S/C18H18N4OS/c1-13-7-8-17(24-13)18(23)21-10-9-15(11-21)22-12-16(19-20-22)14-5-3-2-4-6-14/h2-8,12,15H,9-11H2,1H3. The molecule has 0 N–H and O–H groups in total. The third-order valence-electron chi connectivity index (χ3n) is 4.36. The number of carbonyl (C=O) groups excluding carboxylic acids is 1. The molecule has 1 saturated heterocycles. The van der Waals surface area contributed by atoms with Crippen LogP contribution < -0.4 is 0 Å². The number of nitrogens with zero attached hydrogens (tertiary/aromatic N) is 4. The zero-order chi connectivity index (χ0) is 16.5. The Morgan fingerprint density at radius 2 is 2.04 bits per heavy atom. The van der Waals surface area contributed by atoms with Crippen LogP contribution in [0.1, 0.15) is 27.0 Å². The highest BCUT2D eigenvalue weighted by Crippen LogP contribution is 2.26. The molecule has 122 valence electrons. The average Bonchev–Trinajstić information content (AvgIpc) is 3.35. The molecule has 1 unspecified atom stereocenters. The monoisotopic (exact) mass is 338 g/mol. The fourth-order valence-electron chi connectivity index (χ4n) is 3.04. The lowest BCUT2D eigenvalue weighted by atomic mass is 10.2. The van der Waals surface area contributed by atoms with E-state index in [0.717, 1.165) is 34.0 Å². The zero-order valence-electron chi connectivity index (χ0n) is 13.4. The van der Waals surface area contributed by atoms with E-state index in [4.69, 9.17) is 0 Å². The van der Waals surface area contributed by atoms with Gasteiger partial charge in [-0.3, -0.25) is 4.79 Å². The molecule has 0 radical (unpaired) electrons. The molecule has 0 aliphatic carbocycles. The molecule has 1 aromatic carbocycles. The summed E-state index contributed by atoms with van der Waals surface area (Å²) in [6.45, 7) is 3.48. The van der Waals surface area contributed by atoms with Gasteiger partial charge < -0.3 is 4.90 Å². The van der Waals surface area contributed by atoms with Gasteiger partial charge in [0.05, 0.1) is 17.1 Å². The molecule has 0 spiro atoms. The number of likely N-dealkylation sites (tertiary alicyclic amines) is 1. The molecule has 6 heteroatoms. The Balaban J connectivity index is 1.47. The van der Waals surface area contributed by atoms with Crippen molar-refractivity contribution in [3.63, 3.8) is 0 Å². The molecule has 24 heavy (non-hydrogen) atoms. The van der Waals surface area contributed by atoms with Crippen LogP contribution in [0.4, 0.5) is 0 Å². The van der Waals surface area contributed by atoms with Gasteiger partial charge in [0.25, 0.3) is 5.91 Å². The Morgan fingerprint density at radius 1 is 1.21 bits per heavy atom. The van der Waals surface area contributed by atoms with Crippen molar-refractivity contribution in [2.24, 2.45) is 0 Å². The second-order valence-electron chi connectivity index (χ2n) is 6.05. The number of hydrogen-bond donors (Lipinski definition) is 0. The molecule has 2 aromatic heterocycles. The van der Waals surface area contributed by atoms with E-state index in [-0.39, 0.29) is 11.9 Å². The number of amides is 1. The van der Waals surface area contributed by atoms with Crippen molar-refractivity contribution in [1.82, 2.24) is 19.9 Å². The van der Waals surface area contributed by atoms with Gasteiger partial charge in [0.2, 0.25) is 0 Å². The molecular weight excluding hydrogens is 320 g/mol. The van der Waals surface area contributed by atoms with Crippen LogP contribution >= 0.6 is 11.3 Å². The van der Waals surface area contributed by atoms with Gasteiger partial charge in [-0.2, -0.15) is 0 Å². The number of rotatable bonds is 3. The molecule has 3 heterocycles. The number of benzene rings is 1. The molecule has 3 aromatic rings. The van der Waals surface area contributed by atoms with Gasteiger partial charge in [0, 0.05) is 23.5 Å². The summed E-state index contributed by atoms with van der Waals surface area (Å²) in [5, 5.41) is 8.55. The van der Waals surface area contributed by atoms with E-state index in [1.54, 1.807) is 11.3 Å². The summed E-state index contributed by atoms with van der Waals surface area (Å²) < 4.78 is 1.90. The average molecular weight is 338 g/mol. The maximum atomic E-state index is 12.6. The van der Waals surface area contributed by atoms with Gasteiger partial charge in [-0.1, -0.05) is 35.5 Å². The maximum absolute atomic E-state index is 12.6. The Kier molecular flexibility index (Phi) is 3.90. The Hall–Kier alpha value is -2.47. The topological polar surface area (TPSA) is 51.0 Å². The number of carbonyl (C=O) groups is 1. The highest BCUT2D eigenvalue weighted by molar-refractivity contribution is 7.13. The van der Waals surface area contributed by atoms with E-state index in [1.165, 1.54) is 0 Å². The minimum Gasteiger partial charge on any atom is -0.336 e. The van der Waals surface area contributed by atoms with Crippen molar-refractivity contribution < 1.29 is 4.79 Å². The smallest absolute Gasteiger partial charge is 0.264 e. The number of aryl methyl sites for hydroxylation is 1. The van der Waals surface area contributed by atoms with Crippen LogP contribution in [-0.2, 0) is 0 Å². The third kappa shape index (κ3) is 2.85. The van der Waals surface area contributed by atoms with Crippen molar-refractivity contribution in [1.29, 1.82) is 0 Å². The van der Waals surface area contributed by atoms with Crippen LogP contribution in [0.25, 0.3) is 11.3 Å². The maximum Gasteiger partial charge on any atom is 0.264 e. The molecule has 0 bridgehead atoms. The highest BCUT2D eigenvalue weighted by atomic mass is 32.1. The van der Waals surface area contributed by atoms with E-state index >= 15 is 0 Å². The van der Waals surface area contributed by atoms with Gasteiger partial charge in [-0.05, 0) is 25.5 Å². The number of aromatic nitrogens is 3. The first-order valence-electron chi connectivity index (χ1n) is 8.03. The molecule has 4 rings (SSSR count). The number of thiophene rings is 1. The van der Waals surface area contributed by atoms with Crippen molar-refractivity contribution in [2.75, 3.05) is 13.1 Å².